The van der Waals surface area contributed by atoms with Gasteiger partial charge in [0.1, 0.15) is 12.1 Å². The molecule has 0 bridgehead atoms. The van der Waals surface area contributed by atoms with Crippen LogP contribution in [0.25, 0.3) is 5.82 Å². The van der Waals surface area contributed by atoms with Crippen LogP contribution in [0.2, 0.25) is 0 Å². The van der Waals surface area contributed by atoms with E-state index in [4.69, 9.17) is 0 Å². The summed E-state index contributed by atoms with van der Waals surface area (Å²) in [6.45, 7) is 4.02. The van der Waals surface area contributed by atoms with Crippen LogP contribution >= 0.6 is 0 Å². The minimum Gasteiger partial charge on any atom is -0.348 e. The average Bonchev–Trinajstić information content (AvgIpc) is 3.04. The Morgan fingerprint density at radius 3 is 3.05 bits per heavy atom. The zero-order valence-corrected chi connectivity index (χ0v) is 12.0. The summed E-state index contributed by atoms with van der Waals surface area (Å²) in [6.07, 6.45) is 7.88. The first kappa shape index (κ1) is 13.8. The van der Waals surface area contributed by atoms with Crippen molar-refractivity contribution in [1.82, 2.24) is 25.2 Å². The van der Waals surface area contributed by atoms with Crippen molar-refractivity contribution in [2.24, 2.45) is 5.92 Å². The minimum atomic E-state index is -0.0692. The summed E-state index contributed by atoms with van der Waals surface area (Å²) in [5.74, 6) is 1.17. The summed E-state index contributed by atoms with van der Waals surface area (Å²) >= 11 is 0. The van der Waals surface area contributed by atoms with Gasteiger partial charge >= 0.3 is 0 Å². The molecule has 3 rings (SSSR count). The highest BCUT2D eigenvalue weighted by molar-refractivity contribution is 5.94. The molecule has 2 atom stereocenters. The highest BCUT2D eigenvalue weighted by atomic mass is 16.1. The van der Waals surface area contributed by atoms with E-state index in [0.29, 0.717) is 11.5 Å². The molecule has 0 spiro atoms. The number of nitrogens with one attached hydrogen (secondary N) is 2. The molecule has 6 heteroatoms. The van der Waals surface area contributed by atoms with Gasteiger partial charge in [0, 0.05) is 31.2 Å². The van der Waals surface area contributed by atoms with Crippen LogP contribution in [-0.4, -0.2) is 39.6 Å². The van der Waals surface area contributed by atoms with Gasteiger partial charge in [-0.1, -0.05) is 6.92 Å². The second-order valence-electron chi connectivity index (χ2n) is 5.43. The van der Waals surface area contributed by atoms with E-state index >= 15 is 0 Å². The van der Waals surface area contributed by atoms with E-state index in [9.17, 15) is 4.79 Å². The SMILES string of the molecule is CC1CCNCC1NC(=O)c1ccc(-n2ccnc2)nc1. The second kappa shape index (κ2) is 6.05. The molecule has 110 valence electrons. The summed E-state index contributed by atoms with van der Waals surface area (Å²) < 4.78 is 1.80. The lowest BCUT2D eigenvalue weighted by molar-refractivity contribution is 0.0915. The van der Waals surface area contributed by atoms with Gasteiger partial charge in [0.2, 0.25) is 0 Å². The Balaban J connectivity index is 1.67. The lowest BCUT2D eigenvalue weighted by Crippen LogP contribution is -2.50. The standard InChI is InChI=1S/C15H19N5O/c1-11-4-5-16-9-13(11)19-15(21)12-2-3-14(18-8-12)20-7-6-17-10-20/h2-3,6-8,10-11,13,16H,4-5,9H2,1H3,(H,19,21). The quantitative estimate of drug-likeness (QED) is 0.882. The molecule has 1 amide bonds. The number of pyridine rings is 1. The summed E-state index contributed by atoms with van der Waals surface area (Å²) in [4.78, 5) is 20.5. The lowest BCUT2D eigenvalue weighted by Gasteiger charge is -2.30. The number of imidazole rings is 1. The van der Waals surface area contributed by atoms with Crippen LogP contribution in [0.4, 0.5) is 0 Å². The smallest absolute Gasteiger partial charge is 0.253 e. The van der Waals surface area contributed by atoms with Crippen molar-refractivity contribution in [2.45, 2.75) is 19.4 Å². The number of carbonyl (C=O) groups is 1. The Morgan fingerprint density at radius 2 is 2.38 bits per heavy atom. The predicted molar refractivity (Wildman–Crippen MR) is 79.3 cm³/mol. The molecule has 3 heterocycles. The predicted octanol–water partition coefficient (Wildman–Crippen LogP) is 0.995. The van der Waals surface area contributed by atoms with E-state index in [2.05, 4.69) is 27.5 Å². The van der Waals surface area contributed by atoms with Crippen molar-refractivity contribution >= 4 is 5.91 Å². The zero-order chi connectivity index (χ0) is 14.7. The first-order valence-corrected chi connectivity index (χ1v) is 7.20. The molecule has 6 nitrogen and oxygen atoms in total. The number of hydrogen-bond donors (Lipinski definition) is 2. The van der Waals surface area contributed by atoms with Crippen LogP contribution in [0.5, 0.6) is 0 Å². The van der Waals surface area contributed by atoms with Gasteiger partial charge in [0.15, 0.2) is 0 Å². The third-order valence-corrected chi connectivity index (χ3v) is 3.92. The van der Waals surface area contributed by atoms with Crippen molar-refractivity contribution in [3.8, 4) is 5.82 Å². The summed E-state index contributed by atoms with van der Waals surface area (Å²) in [7, 11) is 0. The second-order valence-corrected chi connectivity index (χ2v) is 5.43. The molecule has 0 aromatic carbocycles. The number of amides is 1. The fourth-order valence-electron chi connectivity index (χ4n) is 2.50. The maximum atomic E-state index is 12.3. The highest BCUT2D eigenvalue weighted by Gasteiger charge is 2.23. The maximum Gasteiger partial charge on any atom is 0.253 e. The van der Waals surface area contributed by atoms with Crippen LogP contribution < -0.4 is 10.6 Å². The normalized spacial score (nSPS) is 22.0. The van der Waals surface area contributed by atoms with E-state index in [0.717, 1.165) is 25.3 Å². The molecule has 0 saturated carbocycles. The van der Waals surface area contributed by atoms with E-state index < -0.39 is 0 Å². The summed E-state index contributed by atoms with van der Waals surface area (Å²) in [5.41, 5.74) is 0.580. The first-order chi connectivity index (χ1) is 10.2. The molecular formula is C15H19N5O. The average molecular weight is 285 g/mol. The van der Waals surface area contributed by atoms with Crippen molar-refractivity contribution in [3.63, 3.8) is 0 Å². The fourth-order valence-corrected chi connectivity index (χ4v) is 2.50. The van der Waals surface area contributed by atoms with E-state index in [1.807, 2.05) is 12.3 Å². The molecule has 1 fully saturated rings. The maximum absolute atomic E-state index is 12.3. The molecule has 21 heavy (non-hydrogen) atoms. The van der Waals surface area contributed by atoms with Crippen molar-refractivity contribution in [3.05, 3.63) is 42.6 Å². The van der Waals surface area contributed by atoms with Crippen molar-refractivity contribution in [2.75, 3.05) is 13.1 Å². The fraction of sp³-hybridized carbons (Fsp3) is 0.400. The first-order valence-electron chi connectivity index (χ1n) is 7.20. The third kappa shape index (κ3) is 3.11. The van der Waals surface area contributed by atoms with Gasteiger partial charge in [0.25, 0.3) is 5.91 Å². The molecule has 2 N–H and O–H groups in total. The lowest BCUT2D eigenvalue weighted by atomic mass is 9.94. The number of hydrogen-bond acceptors (Lipinski definition) is 4. The van der Waals surface area contributed by atoms with Gasteiger partial charge in [-0.05, 0) is 31.0 Å². The number of rotatable bonds is 3. The van der Waals surface area contributed by atoms with E-state index in [1.165, 1.54) is 0 Å². The van der Waals surface area contributed by atoms with Crippen LogP contribution in [0.1, 0.15) is 23.7 Å². The monoisotopic (exact) mass is 285 g/mol. The van der Waals surface area contributed by atoms with Crippen LogP contribution in [0.3, 0.4) is 0 Å². The molecule has 1 aliphatic heterocycles. The summed E-state index contributed by atoms with van der Waals surface area (Å²) in [6, 6.07) is 3.79. The van der Waals surface area contributed by atoms with Crippen LogP contribution in [0.15, 0.2) is 37.1 Å². The zero-order valence-electron chi connectivity index (χ0n) is 12.0. The molecule has 0 radical (unpaired) electrons. The largest absolute Gasteiger partial charge is 0.348 e. The van der Waals surface area contributed by atoms with Crippen molar-refractivity contribution < 1.29 is 4.79 Å². The molecule has 2 unspecified atom stereocenters. The van der Waals surface area contributed by atoms with Crippen molar-refractivity contribution in [1.29, 1.82) is 0 Å². The van der Waals surface area contributed by atoms with Crippen LogP contribution in [-0.2, 0) is 0 Å². The molecular weight excluding hydrogens is 266 g/mol. The van der Waals surface area contributed by atoms with Crippen LogP contribution in [0, 0.1) is 5.92 Å². The Bertz CT molecular complexity index is 593. The summed E-state index contributed by atoms with van der Waals surface area (Å²) in [5, 5.41) is 6.39. The molecule has 0 aliphatic carbocycles. The number of piperidine rings is 1. The molecule has 2 aromatic heterocycles. The molecule has 1 saturated heterocycles. The van der Waals surface area contributed by atoms with Gasteiger partial charge in [-0.3, -0.25) is 9.36 Å². The molecule has 1 aliphatic rings. The number of aromatic nitrogens is 3. The Hall–Kier alpha value is -2.21. The van der Waals surface area contributed by atoms with Gasteiger partial charge in [-0.25, -0.2) is 9.97 Å². The molecule has 2 aromatic rings. The Morgan fingerprint density at radius 1 is 1.48 bits per heavy atom. The van der Waals surface area contributed by atoms with Gasteiger partial charge < -0.3 is 10.6 Å². The Kier molecular flexibility index (Phi) is 3.96. The van der Waals surface area contributed by atoms with E-state index in [-0.39, 0.29) is 11.9 Å². The topological polar surface area (TPSA) is 71.8 Å². The third-order valence-electron chi connectivity index (χ3n) is 3.92. The number of carbonyl (C=O) groups excluding carboxylic acids is 1. The Labute approximate surface area is 123 Å². The number of nitrogens with zero attached hydrogens (tertiary/aromatic N) is 3. The van der Waals surface area contributed by atoms with Gasteiger partial charge in [-0.2, -0.15) is 0 Å². The van der Waals surface area contributed by atoms with E-state index in [1.54, 1.807) is 29.4 Å². The minimum absolute atomic E-state index is 0.0692. The van der Waals surface area contributed by atoms with Gasteiger partial charge in [-0.15, -0.1) is 0 Å². The highest BCUT2D eigenvalue weighted by Crippen LogP contribution is 2.12. The van der Waals surface area contributed by atoms with Gasteiger partial charge in [0.05, 0.1) is 5.56 Å².